The number of hydrogen-bond acceptors (Lipinski definition) is 1. The molecule has 0 saturated carbocycles. The maximum absolute atomic E-state index is 10.7. The van der Waals surface area contributed by atoms with E-state index in [0.717, 1.165) is 12.1 Å². The minimum atomic E-state index is -0.743. The summed E-state index contributed by atoms with van der Waals surface area (Å²) in [6.07, 6.45) is 0.791. The van der Waals surface area contributed by atoms with Gasteiger partial charge in [0.25, 0.3) is 0 Å². The van der Waals surface area contributed by atoms with Crippen LogP contribution in [0.1, 0.15) is 28.9 Å². The zero-order valence-electron chi connectivity index (χ0n) is 11.4. The number of carboxylic acids is 1. The normalized spacial score (nSPS) is 10.6. The molecule has 0 spiro atoms. The van der Waals surface area contributed by atoms with Crippen molar-refractivity contribution in [3.63, 3.8) is 0 Å². The van der Waals surface area contributed by atoms with E-state index >= 15 is 0 Å². The summed E-state index contributed by atoms with van der Waals surface area (Å²) < 4.78 is 2.24. The van der Waals surface area contributed by atoms with Crippen LogP contribution in [0.15, 0.2) is 36.4 Å². The Balaban J connectivity index is 2.19. The second kappa shape index (κ2) is 5.74. The number of carbonyl (C=O) groups is 1. The first-order valence-corrected chi connectivity index (χ1v) is 6.49. The maximum atomic E-state index is 10.7. The van der Waals surface area contributed by atoms with Gasteiger partial charge in [0.1, 0.15) is 0 Å². The van der Waals surface area contributed by atoms with Gasteiger partial charge < -0.3 is 9.67 Å². The van der Waals surface area contributed by atoms with Gasteiger partial charge in [-0.05, 0) is 37.5 Å². The van der Waals surface area contributed by atoms with Crippen molar-refractivity contribution in [2.24, 2.45) is 0 Å². The van der Waals surface area contributed by atoms with Gasteiger partial charge in [-0.1, -0.05) is 30.3 Å². The van der Waals surface area contributed by atoms with Crippen LogP contribution in [0.5, 0.6) is 0 Å². The van der Waals surface area contributed by atoms with Crippen molar-refractivity contribution in [2.75, 3.05) is 0 Å². The SMILES string of the molecule is Cc1cc(CCC(=O)O)c(C)n1Cc1ccccc1. The fraction of sp³-hybridized carbons (Fsp3) is 0.312. The van der Waals surface area contributed by atoms with Crippen LogP contribution in [0, 0.1) is 13.8 Å². The average molecular weight is 257 g/mol. The van der Waals surface area contributed by atoms with E-state index in [1.807, 2.05) is 18.2 Å². The number of benzene rings is 1. The minimum absolute atomic E-state index is 0.190. The summed E-state index contributed by atoms with van der Waals surface area (Å²) in [6.45, 7) is 4.97. The highest BCUT2D eigenvalue weighted by Gasteiger charge is 2.10. The summed E-state index contributed by atoms with van der Waals surface area (Å²) in [5.74, 6) is -0.743. The Bertz CT molecular complexity index is 570. The van der Waals surface area contributed by atoms with Crippen LogP contribution in [0.4, 0.5) is 0 Å². The summed E-state index contributed by atoms with van der Waals surface area (Å²) in [7, 11) is 0. The minimum Gasteiger partial charge on any atom is -0.481 e. The first kappa shape index (κ1) is 13.4. The lowest BCUT2D eigenvalue weighted by molar-refractivity contribution is -0.136. The quantitative estimate of drug-likeness (QED) is 0.894. The maximum Gasteiger partial charge on any atom is 0.303 e. The molecule has 19 heavy (non-hydrogen) atoms. The zero-order chi connectivity index (χ0) is 13.8. The first-order chi connectivity index (χ1) is 9.08. The van der Waals surface area contributed by atoms with Crippen molar-refractivity contribution < 1.29 is 9.90 Å². The molecule has 0 fully saturated rings. The van der Waals surface area contributed by atoms with Crippen molar-refractivity contribution in [1.29, 1.82) is 0 Å². The zero-order valence-corrected chi connectivity index (χ0v) is 11.4. The van der Waals surface area contributed by atoms with Crippen LogP contribution in [0.3, 0.4) is 0 Å². The number of aromatic nitrogens is 1. The average Bonchev–Trinajstić information content (AvgIpc) is 2.65. The highest BCUT2D eigenvalue weighted by molar-refractivity contribution is 5.67. The van der Waals surface area contributed by atoms with Gasteiger partial charge in [0, 0.05) is 24.4 Å². The van der Waals surface area contributed by atoms with E-state index in [0.29, 0.717) is 6.42 Å². The second-order valence-electron chi connectivity index (χ2n) is 4.86. The Hall–Kier alpha value is -2.03. The molecule has 0 aliphatic carbocycles. The molecule has 0 atom stereocenters. The van der Waals surface area contributed by atoms with Crippen molar-refractivity contribution in [2.45, 2.75) is 33.2 Å². The van der Waals surface area contributed by atoms with E-state index < -0.39 is 5.97 Å². The van der Waals surface area contributed by atoms with Crippen LogP contribution in [0.2, 0.25) is 0 Å². The smallest absolute Gasteiger partial charge is 0.303 e. The number of nitrogens with zero attached hydrogens (tertiary/aromatic N) is 1. The summed E-state index contributed by atoms with van der Waals surface area (Å²) in [5.41, 5.74) is 4.74. The molecule has 1 heterocycles. The van der Waals surface area contributed by atoms with Crippen molar-refractivity contribution >= 4 is 5.97 Å². The third kappa shape index (κ3) is 3.25. The van der Waals surface area contributed by atoms with E-state index in [1.165, 1.54) is 17.0 Å². The van der Waals surface area contributed by atoms with Crippen LogP contribution < -0.4 is 0 Å². The largest absolute Gasteiger partial charge is 0.481 e. The van der Waals surface area contributed by atoms with E-state index in [9.17, 15) is 4.79 Å². The molecule has 0 amide bonds. The van der Waals surface area contributed by atoms with E-state index in [-0.39, 0.29) is 6.42 Å². The number of aryl methyl sites for hydroxylation is 2. The summed E-state index contributed by atoms with van der Waals surface area (Å²) >= 11 is 0. The number of carboxylic acid groups (broad SMARTS) is 1. The van der Waals surface area contributed by atoms with Crippen molar-refractivity contribution in [3.05, 3.63) is 58.9 Å². The van der Waals surface area contributed by atoms with Crippen molar-refractivity contribution in [3.8, 4) is 0 Å². The van der Waals surface area contributed by atoms with Crippen LogP contribution in [0.25, 0.3) is 0 Å². The van der Waals surface area contributed by atoms with Crippen LogP contribution in [-0.4, -0.2) is 15.6 Å². The fourth-order valence-corrected chi connectivity index (χ4v) is 2.38. The van der Waals surface area contributed by atoms with Gasteiger partial charge in [-0.15, -0.1) is 0 Å². The highest BCUT2D eigenvalue weighted by atomic mass is 16.4. The second-order valence-corrected chi connectivity index (χ2v) is 4.86. The van der Waals surface area contributed by atoms with E-state index in [2.05, 4.69) is 36.6 Å². The molecule has 0 saturated heterocycles. The number of rotatable bonds is 5. The van der Waals surface area contributed by atoms with Gasteiger partial charge in [-0.2, -0.15) is 0 Å². The van der Waals surface area contributed by atoms with Gasteiger partial charge in [0.15, 0.2) is 0 Å². The molecule has 2 rings (SSSR count). The molecule has 1 N–H and O–H groups in total. The summed E-state index contributed by atoms with van der Waals surface area (Å²) in [4.78, 5) is 10.7. The Morgan fingerprint density at radius 3 is 2.53 bits per heavy atom. The Labute approximate surface area is 113 Å². The lowest BCUT2D eigenvalue weighted by Gasteiger charge is -2.10. The Kier molecular flexibility index (Phi) is 4.05. The highest BCUT2D eigenvalue weighted by Crippen LogP contribution is 2.18. The van der Waals surface area contributed by atoms with Gasteiger partial charge >= 0.3 is 5.97 Å². The van der Waals surface area contributed by atoms with Crippen molar-refractivity contribution in [1.82, 2.24) is 4.57 Å². The van der Waals surface area contributed by atoms with Gasteiger partial charge in [-0.3, -0.25) is 4.79 Å². The molecule has 0 bridgehead atoms. The predicted octanol–water partition coefficient (Wildman–Crippen LogP) is 3.17. The lowest BCUT2D eigenvalue weighted by Crippen LogP contribution is -2.04. The molecule has 0 aliphatic heterocycles. The molecular weight excluding hydrogens is 238 g/mol. The molecule has 100 valence electrons. The van der Waals surface area contributed by atoms with E-state index in [4.69, 9.17) is 5.11 Å². The molecule has 3 heteroatoms. The monoisotopic (exact) mass is 257 g/mol. The molecule has 0 radical (unpaired) electrons. The molecule has 0 unspecified atom stereocenters. The first-order valence-electron chi connectivity index (χ1n) is 6.49. The third-order valence-corrected chi connectivity index (χ3v) is 3.47. The standard InChI is InChI=1S/C16H19NO2/c1-12-10-15(8-9-16(18)19)13(2)17(12)11-14-6-4-3-5-7-14/h3-7,10H,8-9,11H2,1-2H3,(H,18,19). The summed E-state index contributed by atoms with van der Waals surface area (Å²) in [5, 5.41) is 8.77. The van der Waals surface area contributed by atoms with Gasteiger partial charge in [0.05, 0.1) is 0 Å². The van der Waals surface area contributed by atoms with Crippen LogP contribution >= 0.6 is 0 Å². The lowest BCUT2D eigenvalue weighted by atomic mass is 10.1. The predicted molar refractivity (Wildman–Crippen MR) is 75.4 cm³/mol. The molecule has 3 nitrogen and oxygen atoms in total. The molecule has 1 aromatic heterocycles. The van der Waals surface area contributed by atoms with Crippen LogP contribution in [-0.2, 0) is 17.8 Å². The number of hydrogen-bond donors (Lipinski definition) is 1. The Morgan fingerprint density at radius 2 is 1.89 bits per heavy atom. The van der Waals surface area contributed by atoms with E-state index in [1.54, 1.807) is 0 Å². The van der Waals surface area contributed by atoms with Gasteiger partial charge in [0.2, 0.25) is 0 Å². The Morgan fingerprint density at radius 1 is 1.21 bits per heavy atom. The topological polar surface area (TPSA) is 42.2 Å². The number of aliphatic carboxylic acids is 1. The molecule has 0 aliphatic rings. The molecular formula is C16H19NO2. The summed E-state index contributed by atoms with van der Waals surface area (Å²) in [6, 6.07) is 12.4. The fourth-order valence-electron chi connectivity index (χ4n) is 2.38. The third-order valence-electron chi connectivity index (χ3n) is 3.47. The molecule has 1 aromatic carbocycles. The molecule has 2 aromatic rings. The van der Waals surface area contributed by atoms with Gasteiger partial charge in [-0.25, -0.2) is 0 Å².